The van der Waals surface area contributed by atoms with Crippen molar-refractivity contribution in [1.29, 1.82) is 0 Å². The highest BCUT2D eigenvalue weighted by Crippen LogP contribution is 2.22. The number of hydrogen-bond acceptors (Lipinski definition) is 5. The SMILES string of the molecule is C[C@@H]1CN(c2cc(Br)ccn2)CCN1OC(=O)C(C)(C)C. The van der Waals surface area contributed by atoms with Gasteiger partial charge in [-0.1, -0.05) is 15.9 Å². The van der Waals surface area contributed by atoms with Crippen molar-refractivity contribution in [2.75, 3.05) is 24.5 Å². The Bertz CT molecular complexity index is 516. The van der Waals surface area contributed by atoms with Gasteiger partial charge >= 0.3 is 5.97 Å². The molecule has 0 unspecified atom stereocenters. The first-order valence-corrected chi connectivity index (χ1v) is 7.92. The number of nitrogens with zero attached hydrogens (tertiary/aromatic N) is 3. The summed E-state index contributed by atoms with van der Waals surface area (Å²) < 4.78 is 1.02. The number of pyridine rings is 1. The molecule has 1 aliphatic heterocycles. The number of piperazine rings is 1. The highest BCUT2D eigenvalue weighted by Gasteiger charge is 2.31. The second kappa shape index (κ2) is 6.32. The van der Waals surface area contributed by atoms with Crippen LogP contribution in [0.5, 0.6) is 0 Å². The fourth-order valence-corrected chi connectivity index (χ4v) is 2.42. The van der Waals surface area contributed by atoms with Gasteiger partial charge < -0.3 is 9.74 Å². The Morgan fingerprint density at radius 2 is 2.14 bits per heavy atom. The minimum absolute atomic E-state index is 0.130. The molecule has 5 nitrogen and oxygen atoms in total. The minimum atomic E-state index is -0.483. The number of carbonyl (C=O) groups excluding carboxylic acids is 1. The zero-order valence-electron chi connectivity index (χ0n) is 13.0. The molecule has 6 heteroatoms. The van der Waals surface area contributed by atoms with Crippen LogP contribution in [0.1, 0.15) is 27.7 Å². The second-order valence-electron chi connectivity index (χ2n) is 6.40. The van der Waals surface area contributed by atoms with Gasteiger partial charge in [-0.05, 0) is 39.8 Å². The van der Waals surface area contributed by atoms with E-state index in [4.69, 9.17) is 4.84 Å². The third-order valence-corrected chi connectivity index (χ3v) is 3.90. The molecule has 116 valence electrons. The molecule has 0 saturated carbocycles. The molecule has 1 aromatic heterocycles. The molecule has 0 bridgehead atoms. The van der Waals surface area contributed by atoms with Crippen molar-refractivity contribution in [2.24, 2.45) is 5.41 Å². The maximum atomic E-state index is 12.0. The van der Waals surface area contributed by atoms with Crippen LogP contribution in [0.25, 0.3) is 0 Å². The van der Waals surface area contributed by atoms with Crippen molar-refractivity contribution >= 4 is 27.7 Å². The average Bonchev–Trinajstić information content (AvgIpc) is 2.40. The Morgan fingerprint density at radius 3 is 2.71 bits per heavy atom. The molecule has 0 spiro atoms. The predicted molar refractivity (Wildman–Crippen MR) is 85.9 cm³/mol. The van der Waals surface area contributed by atoms with E-state index in [0.717, 1.165) is 23.4 Å². The lowest BCUT2D eigenvalue weighted by molar-refractivity contribution is -0.211. The molecule has 2 heterocycles. The van der Waals surface area contributed by atoms with Gasteiger partial charge in [-0.15, -0.1) is 5.06 Å². The number of carbonyl (C=O) groups is 1. The summed E-state index contributed by atoms with van der Waals surface area (Å²) in [4.78, 5) is 24.1. The fraction of sp³-hybridized carbons (Fsp3) is 0.600. The van der Waals surface area contributed by atoms with Crippen LogP contribution in [0.4, 0.5) is 5.82 Å². The monoisotopic (exact) mass is 355 g/mol. The Morgan fingerprint density at radius 1 is 1.43 bits per heavy atom. The van der Waals surface area contributed by atoms with Gasteiger partial charge in [0.15, 0.2) is 0 Å². The lowest BCUT2D eigenvalue weighted by atomic mass is 9.98. The molecular formula is C15H22BrN3O2. The fourth-order valence-electron chi connectivity index (χ4n) is 2.09. The maximum Gasteiger partial charge on any atom is 0.330 e. The summed E-state index contributed by atoms with van der Waals surface area (Å²) in [5.41, 5.74) is -0.483. The number of rotatable bonds is 2. The molecule has 0 aromatic carbocycles. The Labute approximate surface area is 134 Å². The molecule has 21 heavy (non-hydrogen) atoms. The molecule has 0 radical (unpaired) electrons. The van der Waals surface area contributed by atoms with E-state index in [9.17, 15) is 4.79 Å². The van der Waals surface area contributed by atoms with Crippen LogP contribution < -0.4 is 4.90 Å². The van der Waals surface area contributed by atoms with Crippen LogP contribution in [-0.4, -0.2) is 41.7 Å². The van der Waals surface area contributed by atoms with Crippen molar-refractivity contribution in [3.63, 3.8) is 0 Å². The summed E-state index contributed by atoms with van der Waals surface area (Å²) in [6.45, 7) is 9.88. The predicted octanol–water partition coefficient (Wildman–Crippen LogP) is 2.86. The first-order chi connectivity index (χ1) is 9.77. The van der Waals surface area contributed by atoms with E-state index in [2.05, 4.69) is 32.7 Å². The molecule has 1 fully saturated rings. The van der Waals surface area contributed by atoms with Crippen molar-refractivity contribution in [3.8, 4) is 0 Å². The van der Waals surface area contributed by atoms with E-state index in [1.54, 1.807) is 11.3 Å². The highest BCUT2D eigenvalue weighted by molar-refractivity contribution is 9.10. The number of halogens is 1. The van der Waals surface area contributed by atoms with Crippen LogP contribution in [0.15, 0.2) is 22.8 Å². The number of anilines is 1. The van der Waals surface area contributed by atoms with Gasteiger partial charge in [0.1, 0.15) is 5.82 Å². The number of hydrogen-bond donors (Lipinski definition) is 0. The zero-order valence-corrected chi connectivity index (χ0v) is 14.6. The largest absolute Gasteiger partial charge is 0.367 e. The molecule has 0 aliphatic carbocycles. The number of aromatic nitrogens is 1. The maximum absolute atomic E-state index is 12.0. The smallest absolute Gasteiger partial charge is 0.330 e. The molecule has 0 N–H and O–H groups in total. The van der Waals surface area contributed by atoms with Crippen molar-refractivity contribution < 1.29 is 9.63 Å². The van der Waals surface area contributed by atoms with Gasteiger partial charge in [0.2, 0.25) is 0 Å². The van der Waals surface area contributed by atoms with Gasteiger partial charge in [0.05, 0.1) is 18.0 Å². The lowest BCUT2D eigenvalue weighted by Crippen LogP contribution is -2.53. The molecule has 2 rings (SSSR count). The Balaban J connectivity index is 1.98. The van der Waals surface area contributed by atoms with E-state index < -0.39 is 5.41 Å². The minimum Gasteiger partial charge on any atom is -0.367 e. The highest BCUT2D eigenvalue weighted by atomic mass is 79.9. The second-order valence-corrected chi connectivity index (χ2v) is 7.31. The van der Waals surface area contributed by atoms with E-state index in [1.807, 2.05) is 32.9 Å². The van der Waals surface area contributed by atoms with E-state index in [0.29, 0.717) is 6.54 Å². The molecule has 1 aromatic rings. The van der Waals surface area contributed by atoms with Gasteiger partial charge in [-0.2, -0.15) is 0 Å². The van der Waals surface area contributed by atoms with Crippen molar-refractivity contribution in [1.82, 2.24) is 10.0 Å². The van der Waals surface area contributed by atoms with Crippen LogP contribution >= 0.6 is 15.9 Å². The van der Waals surface area contributed by atoms with Gasteiger partial charge in [0.25, 0.3) is 0 Å². The summed E-state index contributed by atoms with van der Waals surface area (Å²) in [6.07, 6.45) is 1.79. The topological polar surface area (TPSA) is 45.7 Å². The first kappa shape index (κ1) is 16.2. The summed E-state index contributed by atoms with van der Waals surface area (Å²) in [5, 5.41) is 1.78. The number of hydroxylamine groups is 2. The summed E-state index contributed by atoms with van der Waals surface area (Å²) in [6, 6.07) is 4.04. The third-order valence-electron chi connectivity index (χ3n) is 3.41. The van der Waals surface area contributed by atoms with Crippen LogP contribution in [0, 0.1) is 5.41 Å². The first-order valence-electron chi connectivity index (χ1n) is 7.13. The standard InChI is InChI=1S/C15H22BrN3O2/c1-11-10-18(13-9-12(16)5-6-17-13)7-8-19(11)21-14(20)15(2,3)4/h5-6,9,11H,7-8,10H2,1-4H3/t11-/m1/s1. The van der Waals surface area contributed by atoms with Gasteiger partial charge in [-0.25, -0.2) is 9.78 Å². The molecule has 1 aliphatic rings. The third kappa shape index (κ3) is 4.17. The molecule has 0 amide bonds. The van der Waals surface area contributed by atoms with Crippen LogP contribution in [0.2, 0.25) is 0 Å². The zero-order chi connectivity index (χ0) is 15.6. The van der Waals surface area contributed by atoms with E-state index in [-0.39, 0.29) is 12.0 Å². The van der Waals surface area contributed by atoms with E-state index >= 15 is 0 Å². The molecule has 1 saturated heterocycles. The lowest BCUT2D eigenvalue weighted by Gasteiger charge is -2.39. The normalized spacial score (nSPS) is 20.4. The van der Waals surface area contributed by atoms with Gasteiger partial charge in [-0.3, -0.25) is 0 Å². The van der Waals surface area contributed by atoms with Gasteiger partial charge in [0, 0.05) is 23.8 Å². The molecular weight excluding hydrogens is 334 g/mol. The average molecular weight is 356 g/mol. The van der Waals surface area contributed by atoms with Crippen molar-refractivity contribution in [3.05, 3.63) is 22.8 Å². The molecule has 1 atom stereocenters. The Hall–Kier alpha value is -1.14. The summed E-state index contributed by atoms with van der Waals surface area (Å²) >= 11 is 3.46. The summed E-state index contributed by atoms with van der Waals surface area (Å²) in [5.74, 6) is 0.751. The van der Waals surface area contributed by atoms with Crippen LogP contribution in [0.3, 0.4) is 0 Å². The van der Waals surface area contributed by atoms with Crippen molar-refractivity contribution in [2.45, 2.75) is 33.7 Å². The van der Waals surface area contributed by atoms with Crippen LogP contribution in [-0.2, 0) is 9.63 Å². The van der Waals surface area contributed by atoms with E-state index in [1.165, 1.54) is 0 Å². The Kier molecular flexibility index (Phi) is 4.88. The summed E-state index contributed by atoms with van der Waals surface area (Å²) in [7, 11) is 0. The quantitative estimate of drug-likeness (QED) is 0.816.